The van der Waals surface area contributed by atoms with Crippen molar-refractivity contribution in [3.8, 4) is 0 Å². The summed E-state index contributed by atoms with van der Waals surface area (Å²) in [7, 11) is 1.93. The van der Waals surface area contributed by atoms with E-state index in [0.29, 0.717) is 5.02 Å². The van der Waals surface area contributed by atoms with Crippen LogP contribution in [-0.2, 0) is 6.42 Å². The summed E-state index contributed by atoms with van der Waals surface area (Å²) in [6, 6.07) is 12.4. The van der Waals surface area contributed by atoms with Crippen molar-refractivity contribution < 1.29 is 0 Å². The van der Waals surface area contributed by atoms with Gasteiger partial charge in [0, 0.05) is 6.20 Å². The summed E-state index contributed by atoms with van der Waals surface area (Å²) in [4.78, 5) is 4.41. The SMILES string of the molecule is CCCc1cccc(C(NC)c2ncccc2Cl)c1. The molecule has 0 bridgehead atoms. The van der Waals surface area contributed by atoms with Crippen molar-refractivity contribution in [1.29, 1.82) is 0 Å². The average Bonchev–Trinajstić information content (AvgIpc) is 2.43. The van der Waals surface area contributed by atoms with Gasteiger partial charge in [-0.15, -0.1) is 0 Å². The number of hydrogen-bond acceptors (Lipinski definition) is 2. The molecule has 0 aliphatic carbocycles. The first-order chi connectivity index (χ1) is 9.26. The summed E-state index contributed by atoms with van der Waals surface area (Å²) >= 11 is 6.25. The van der Waals surface area contributed by atoms with Gasteiger partial charge >= 0.3 is 0 Å². The molecule has 0 fully saturated rings. The topological polar surface area (TPSA) is 24.9 Å². The van der Waals surface area contributed by atoms with Gasteiger partial charge in [0.1, 0.15) is 0 Å². The molecule has 0 radical (unpaired) electrons. The quantitative estimate of drug-likeness (QED) is 0.892. The standard InChI is InChI=1S/C16H19ClN2/c1-3-6-12-7-4-8-13(11-12)15(18-2)16-14(17)9-5-10-19-16/h4-5,7-11,15,18H,3,6H2,1-2H3. The molecule has 1 unspecified atom stereocenters. The van der Waals surface area contributed by atoms with Crippen LogP contribution in [0.2, 0.25) is 5.02 Å². The van der Waals surface area contributed by atoms with Crippen LogP contribution in [0.4, 0.5) is 0 Å². The molecule has 100 valence electrons. The number of hydrogen-bond donors (Lipinski definition) is 1. The maximum atomic E-state index is 6.25. The fraction of sp³-hybridized carbons (Fsp3) is 0.312. The number of benzene rings is 1. The molecule has 1 heterocycles. The van der Waals surface area contributed by atoms with E-state index < -0.39 is 0 Å². The number of aromatic nitrogens is 1. The molecule has 0 saturated carbocycles. The third kappa shape index (κ3) is 3.34. The van der Waals surface area contributed by atoms with E-state index in [0.717, 1.165) is 18.5 Å². The highest BCUT2D eigenvalue weighted by Crippen LogP contribution is 2.26. The average molecular weight is 275 g/mol. The minimum Gasteiger partial charge on any atom is -0.308 e. The molecule has 2 aromatic rings. The lowest BCUT2D eigenvalue weighted by molar-refractivity contribution is 0.670. The highest BCUT2D eigenvalue weighted by atomic mass is 35.5. The second-order valence-electron chi connectivity index (χ2n) is 4.59. The molecule has 1 aromatic carbocycles. The maximum absolute atomic E-state index is 6.25. The van der Waals surface area contributed by atoms with Gasteiger partial charge in [0.2, 0.25) is 0 Å². The lowest BCUT2D eigenvalue weighted by Crippen LogP contribution is -2.19. The first-order valence-electron chi connectivity index (χ1n) is 6.62. The molecule has 19 heavy (non-hydrogen) atoms. The summed E-state index contributed by atoms with van der Waals surface area (Å²) in [5, 5.41) is 3.99. The Bertz CT molecular complexity index is 540. The Morgan fingerprint density at radius 1 is 1.26 bits per heavy atom. The number of halogens is 1. The van der Waals surface area contributed by atoms with E-state index in [1.165, 1.54) is 11.1 Å². The number of pyridine rings is 1. The van der Waals surface area contributed by atoms with Crippen LogP contribution in [0.15, 0.2) is 42.6 Å². The lowest BCUT2D eigenvalue weighted by atomic mass is 9.99. The van der Waals surface area contributed by atoms with Gasteiger partial charge < -0.3 is 5.32 Å². The smallest absolute Gasteiger partial charge is 0.0804 e. The van der Waals surface area contributed by atoms with Gasteiger partial charge in [-0.05, 0) is 36.7 Å². The van der Waals surface area contributed by atoms with Crippen molar-refractivity contribution in [3.63, 3.8) is 0 Å². The van der Waals surface area contributed by atoms with E-state index >= 15 is 0 Å². The predicted octanol–water partition coefficient (Wildman–Crippen LogP) is 4.00. The zero-order valence-corrected chi connectivity index (χ0v) is 12.1. The number of nitrogens with zero attached hydrogens (tertiary/aromatic N) is 1. The normalized spacial score (nSPS) is 12.4. The zero-order chi connectivity index (χ0) is 13.7. The third-order valence-corrected chi connectivity index (χ3v) is 3.49. The first-order valence-corrected chi connectivity index (χ1v) is 7.00. The van der Waals surface area contributed by atoms with Gasteiger partial charge in [-0.25, -0.2) is 0 Å². The zero-order valence-electron chi connectivity index (χ0n) is 11.4. The molecule has 2 nitrogen and oxygen atoms in total. The second-order valence-corrected chi connectivity index (χ2v) is 4.99. The molecule has 0 aliphatic heterocycles. The van der Waals surface area contributed by atoms with Crippen LogP contribution in [0.3, 0.4) is 0 Å². The Morgan fingerprint density at radius 3 is 2.79 bits per heavy atom. The molecular formula is C16H19ClN2. The monoisotopic (exact) mass is 274 g/mol. The van der Waals surface area contributed by atoms with Gasteiger partial charge in [0.25, 0.3) is 0 Å². The molecule has 0 spiro atoms. The molecule has 0 saturated heterocycles. The number of nitrogens with one attached hydrogen (secondary N) is 1. The number of aryl methyl sites for hydroxylation is 1. The summed E-state index contributed by atoms with van der Waals surface area (Å²) in [5.41, 5.74) is 3.43. The molecule has 1 N–H and O–H groups in total. The van der Waals surface area contributed by atoms with Gasteiger partial charge in [-0.2, -0.15) is 0 Å². The van der Waals surface area contributed by atoms with E-state index in [2.05, 4.69) is 41.5 Å². The van der Waals surface area contributed by atoms with Gasteiger partial charge in [-0.3, -0.25) is 4.98 Å². The number of rotatable bonds is 5. The molecule has 0 amide bonds. The Kier molecular flexibility index (Phi) is 4.94. The van der Waals surface area contributed by atoms with Crippen LogP contribution in [0.5, 0.6) is 0 Å². The first kappa shape index (κ1) is 14.0. The molecule has 2 rings (SSSR count). The third-order valence-electron chi connectivity index (χ3n) is 3.17. The minimum atomic E-state index is 0.0329. The van der Waals surface area contributed by atoms with Crippen molar-refractivity contribution >= 4 is 11.6 Å². The minimum absolute atomic E-state index is 0.0329. The van der Waals surface area contributed by atoms with Gasteiger partial charge in [0.15, 0.2) is 0 Å². The fourth-order valence-electron chi connectivity index (χ4n) is 2.29. The van der Waals surface area contributed by atoms with Crippen molar-refractivity contribution in [2.75, 3.05) is 7.05 Å². The van der Waals surface area contributed by atoms with Crippen LogP contribution < -0.4 is 5.32 Å². The van der Waals surface area contributed by atoms with E-state index in [1.54, 1.807) is 6.20 Å². The van der Waals surface area contributed by atoms with Crippen molar-refractivity contribution in [2.24, 2.45) is 0 Å². The Morgan fingerprint density at radius 2 is 2.11 bits per heavy atom. The lowest BCUT2D eigenvalue weighted by Gasteiger charge is -2.18. The highest BCUT2D eigenvalue weighted by Gasteiger charge is 2.16. The van der Waals surface area contributed by atoms with E-state index in [-0.39, 0.29) is 6.04 Å². The maximum Gasteiger partial charge on any atom is 0.0804 e. The summed E-state index contributed by atoms with van der Waals surface area (Å²) in [6.45, 7) is 2.19. The van der Waals surface area contributed by atoms with Crippen molar-refractivity contribution in [2.45, 2.75) is 25.8 Å². The summed E-state index contributed by atoms with van der Waals surface area (Å²) in [5.74, 6) is 0. The van der Waals surface area contributed by atoms with Gasteiger partial charge in [0.05, 0.1) is 16.8 Å². The fourth-order valence-corrected chi connectivity index (χ4v) is 2.52. The van der Waals surface area contributed by atoms with E-state index in [9.17, 15) is 0 Å². The summed E-state index contributed by atoms with van der Waals surface area (Å²) < 4.78 is 0. The molecule has 3 heteroatoms. The molecule has 0 aliphatic rings. The van der Waals surface area contributed by atoms with Crippen LogP contribution >= 0.6 is 11.6 Å². The highest BCUT2D eigenvalue weighted by molar-refractivity contribution is 6.31. The Balaban J connectivity index is 2.37. The van der Waals surface area contributed by atoms with Crippen LogP contribution in [-0.4, -0.2) is 12.0 Å². The second kappa shape index (κ2) is 6.69. The van der Waals surface area contributed by atoms with Gasteiger partial charge in [-0.1, -0.05) is 49.2 Å². The summed E-state index contributed by atoms with van der Waals surface area (Å²) in [6.07, 6.45) is 4.03. The Labute approximate surface area is 119 Å². The molecular weight excluding hydrogens is 256 g/mol. The largest absolute Gasteiger partial charge is 0.308 e. The van der Waals surface area contributed by atoms with Crippen LogP contribution in [0.25, 0.3) is 0 Å². The molecule has 1 aromatic heterocycles. The van der Waals surface area contributed by atoms with E-state index in [4.69, 9.17) is 11.6 Å². The predicted molar refractivity (Wildman–Crippen MR) is 80.6 cm³/mol. The van der Waals surface area contributed by atoms with Crippen LogP contribution in [0, 0.1) is 0 Å². The Hall–Kier alpha value is -1.38. The van der Waals surface area contributed by atoms with Crippen LogP contribution in [0.1, 0.15) is 36.2 Å². The molecule has 1 atom stereocenters. The van der Waals surface area contributed by atoms with Crippen molar-refractivity contribution in [3.05, 3.63) is 64.4 Å². The van der Waals surface area contributed by atoms with Crippen molar-refractivity contribution in [1.82, 2.24) is 10.3 Å². The van der Waals surface area contributed by atoms with E-state index in [1.807, 2.05) is 19.2 Å².